The van der Waals surface area contributed by atoms with Gasteiger partial charge in [-0.2, -0.15) is 11.3 Å². The summed E-state index contributed by atoms with van der Waals surface area (Å²) in [5, 5.41) is 3.90. The van der Waals surface area contributed by atoms with Gasteiger partial charge in [0.05, 0.1) is 5.56 Å². The van der Waals surface area contributed by atoms with Crippen molar-refractivity contribution >= 4 is 17.2 Å². The first-order valence-corrected chi connectivity index (χ1v) is 8.39. The molecule has 0 atom stereocenters. The molecule has 1 fully saturated rings. The summed E-state index contributed by atoms with van der Waals surface area (Å²) in [6.45, 7) is 6.92. The quantitative estimate of drug-likeness (QED) is 0.874. The minimum Gasteiger partial charge on any atom is -0.339 e. The van der Waals surface area contributed by atoms with E-state index in [1.54, 1.807) is 11.3 Å². The minimum absolute atomic E-state index is 0.185. The van der Waals surface area contributed by atoms with E-state index in [1.807, 2.05) is 27.9 Å². The number of thiophene rings is 1. The van der Waals surface area contributed by atoms with Crippen LogP contribution in [0.3, 0.4) is 0 Å². The van der Waals surface area contributed by atoms with Crippen LogP contribution < -0.4 is 0 Å². The van der Waals surface area contributed by atoms with Gasteiger partial charge in [0.15, 0.2) is 0 Å². The first kappa shape index (κ1) is 14.3. The van der Waals surface area contributed by atoms with Crippen molar-refractivity contribution in [2.45, 2.75) is 33.2 Å². The predicted molar refractivity (Wildman–Crippen MR) is 84.6 cm³/mol. The molecule has 4 nitrogen and oxygen atoms in total. The number of hydrogen-bond donors (Lipinski definition) is 0. The Morgan fingerprint density at radius 3 is 2.71 bits per heavy atom. The molecule has 3 rings (SSSR count). The van der Waals surface area contributed by atoms with E-state index in [0.717, 1.165) is 43.9 Å². The normalized spacial score (nSPS) is 16.4. The minimum atomic E-state index is 0.185. The summed E-state index contributed by atoms with van der Waals surface area (Å²) in [5.74, 6) is 1.91. The molecule has 1 aliphatic rings. The van der Waals surface area contributed by atoms with E-state index in [9.17, 15) is 4.79 Å². The fourth-order valence-corrected chi connectivity index (χ4v) is 3.63. The van der Waals surface area contributed by atoms with E-state index >= 15 is 0 Å². The number of nitrogens with zero attached hydrogens (tertiary/aromatic N) is 3. The smallest absolute Gasteiger partial charge is 0.254 e. The molecule has 1 saturated heterocycles. The molecule has 2 aromatic rings. The Balaban J connectivity index is 1.57. The lowest BCUT2D eigenvalue weighted by Gasteiger charge is -2.32. The van der Waals surface area contributed by atoms with Crippen molar-refractivity contribution in [2.24, 2.45) is 5.92 Å². The Kier molecular flexibility index (Phi) is 4.10. The van der Waals surface area contributed by atoms with Gasteiger partial charge in [-0.25, -0.2) is 4.98 Å². The van der Waals surface area contributed by atoms with E-state index in [0.29, 0.717) is 5.92 Å². The lowest BCUT2D eigenvalue weighted by Crippen LogP contribution is -2.39. The van der Waals surface area contributed by atoms with Gasteiger partial charge in [-0.3, -0.25) is 4.79 Å². The van der Waals surface area contributed by atoms with Crippen LogP contribution in [-0.2, 0) is 6.54 Å². The summed E-state index contributed by atoms with van der Waals surface area (Å²) in [7, 11) is 0. The van der Waals surface area contributed by atoms with Gasteiger partial charge in [-0.05, 0) is 44.1 Å². The highest BCUT2D eigenvalue weighted by atomic mass is 32.1. The van der Waals surface area contributed by atoms with Crippen LogP contribution >= 0.6 is 11.3 Å². The molecule has 0 unspecified atom stereocenters. The van der Waals surface area contributed by atoms with Gasteiger partial charge >= 0.3 is 0 Å². The molecule has 0 aliphatic carbocycles. The fourth-order valence-electron chi connectivity index (χ4n) is 3.00. The van der Waals surface area contributed by atoms with Crippen LogP contribution in [0.25, 0.3) is 0 Å². The average molecular weight is 303 g/mol. The first-order valence-electron chi connectivity index (χ1n) is 7.45. The van der Waals surface area contributed by atoms with Crippen molar-refractivity contribution in [2.75, 3.05) is 13.1 Å². The summed E-state index contributed by atoms with van der Waals surface area (Å²) in [4.78, 5) is 18.7. The third-order valence-corrected chi connectivity index (χ3v) is 5.05. The van der Waals surface area contributed by atoms with Gasteiger partial charge in [0.2, 0.25) is 0 Å². The molecule has 112 valence electrons. The molecule has 3 heterocycles. The van der Waals surface area contributed by atoms with Crippen molar-refractivity contribution in [3.8, 4) is 0 Å². The van der Waals surface area contributed by atoms with Gasteiger partial charge < -0.3 is 9.47 Å². The average Bonchev–Trinajstić information content (AvgIpc) is 3.13. The number of amides is 1. The maximum absolute atomic E-state index is 12.3. The number of aromatic nitrogens is 2. The number of hydrogen-bond acceptors (Lipinski definition) is 3. The highest BCUT2D eigenvalue weighted by molar-refractivity contribution is 7.08. The zero-order valence-electron chi connectivity index (χ0n) is 12.6. The molecule has 0 aromatic carbocycles. The van der Waals surface area contributed by atoms with Gasteiger partial charge in [0.25, 0.3) is 5.91 Å². The van der Waals surface area contributed by atoms with Crippen molar-refractivity contribution in [1.82, 2.24) is 14.5 Å². The van der Waals surface area contributed by atoms with Crippen LogP contribution in [0.15, 0.2) is 23.0 Å². The molecule has 5 heteroatoms. The maximum atomic E-state index is 12.3. The molecule has 0 N–H and O–H groups in total. The number of imidazole rings is 1. The zero-order valence-corrected chi connectivity index (χ0v) is 13.4. The molecule has 0 saturated carbocycles. The number of carbonyl (C=O) groups is 1. The summed E-state index contributed by atoms with van der Waals surface area (Å²) >= 11 is 1.58. The molecular weight excluding hydrogens is 282 g/mol. The van der Waals surface area contributed by atoms with E-state index in [-0.39, 0.29) is 5.91 Å². The molecule has 0 spiro atoms. The highest BCUT2D eigenvalue weighted by Gasteiger charge is 2.24. The van der Waals surface area contributed by atoms with Gasteiger partial charge in [-0.1, -0.05) is 0 Å². The van der Waals surface area contributed by atoms with Crippen molar-refractivity contribution < 1.29 is 4.79 Å². The first-order chi connectivity index (χ1) is 10.1. The molecule has 21 heavy (non-hydrogen) atoms. The lowest BCUT2D eigenvalue weighted by molar-refractivity contribution is 0.0683. The van der Waals surface area contributed by atoms with Crippen LogP contribution in [-0.4, -0.2) is 33.4 Å². The second kappa shape index (κ2) is 6.02. The Bertz CT molecular complexity index is 590. The second-order valence-electron chi connectivity index (χ2n) is 5.81. The number of piperidine rings is 1. The van der Waals surface area contributed by atoms with Crippen molar-refractivity contribution in [1.29, 1.82) is 0 Å². The van der Waals surface area contributed by atoms with Crippen molar-refractivity contribution in [3.63, 3.8) is 0 Å². The molecule has 2 aromatic heterocycles. The topological polar surface area (TPSA) is 38.1 Å². The molecule has 0 bridgehead atoms. The largest absolute Gasteiger partial charge is 0.339 e. The fraction of sp³-hybridized carbons (Fsp3) is 0.500. The summed E-state index contributed by atoms with van der Waals surface area (Å²) < 4.78 is 2.29. The van der Waals surface area contributed by atoms with Gasteiger partial charge in [-0.15, -0.1) is 0 Å². The Morgan fingerprint density at radius 2 is 2.14 bits per heavy atom. The SMILES string of the molecule is Cc1cnc(C)n1CC1CCN(C(=O)c2ccsc2)CC1. The maximum Gasteiger partial charge on any atom is 0.254 e. The van der Waals surface area contributed by atoms with Crippen LogP contribution in [0, 0.1) is 19.8 Å². The van der Waals surface area contributed by atoms with E-state index in [4.69, 9.17) is 0 Å². The molecule has 1 amide bonds. The standard InChI is InChI=1S/C16H21N3OS/c1-12-9-17-13(2)19(12)10-14-3-6-18(7-4-14)16(20)15-5-8-21-11-15/h5,8-9,11,14H,3-4,6-7,10H2,1-2H3. The summed E-state index contributed by atoms with van der Waals surface area (Å²) in [6, 6.07) is 1.91. The Labute approximate surface area is 129 Å². The third-order valence-electron chi connectivity index (χ3n) is 4.37. The van der Waals surface area contributed by atoms with Crippen LogP contribution in [0.4, 0.5) is 0 Å². The van der Waals surface area contributed by atoms with E-state index in [1.165, 1.54) is 5.69 Å². The van der Waals surface area contributed by atoms with Gasteiger partial charge in [0.1, 0.15) is 5.82 Å². The summed E-state index contributed by atoms with van der Waals surface area (Å²) in [6.07, 6.45) is 4.09. The van der Waals surface area contributed by atoms with E-state index < -0.39 is 0 Å². The molecule has 0 radical (unpaired) electrons. The summed E-state index contributed by atoms with van der Waals surface area (Å²) in [5.41, 5.74) is 2.06. The second-order valence-corrected chi connectivity index (χ2v) is 6.59. The zero-order chi connectivity index (χ0) is 14.8. The number of likely N-dealkylation sites (tertiary alicyclic amines) is 1. The third kappa shape index (κ3) is 3.02. The van der Waals surface area contributed by atoms with E-state index in [2.05, 4.69) is 23.4 Å². The molecule has 1 aliphatic heterocycles. The highest BCUT2D eigenvalue weighted by Crippen LogP contribution is 2.22. The Morgan fingerprint density at radius 1 is 1.38 bits per heavy atom. The van der Waals surface area contributed by atoms with Gasteiger partial charge in [0, 0.05) is 36.9 Å². The van der Waals surface area contributed by atoms with Crippen molar-refractivity contribution in [3.05, 3.63) is 40.1 Å². The number of rotatable bonds is 3. The Hall–Kier alpha value is -1.62. The monoisotopic (exact) mass is 303 g/mol. The number of aryl methyl sites for hydroxylation is 2. The lowest BCUT2D eigenvalue weighted by atomic mass is 9.96. The van der Waals surface area contributed by atoms with Crippen LogP contribution in [0.1, 0.15) is 34.7 Å². The van der Waals surface area contributed by atoms with Crippen LogP contribution in [0.5, 0.6) is 0 Å². The number of carbonyl (C=O) groups excluding carboxylic acids is 1. The predicted octanol–water partition coefficient (Wildman–Crippen LogP) is 3.11. The van der Waals surface area contributed by atoms with Crippen LogP contribution in [0.2, 0.25) is 0 Å². The molecular formula is C16H21N3OS.